The number of benzene rings is 1. The van der Waals surface area contributed by atoms with Crippen LogP contribution in [0.25, 0.3) is 0 Å². The number of hydrogen-bond acceptors (Lipinski definition) is 3. The Morgan fingerprint density at radius 1 is 1.31 bits per heavy atom. The lowest BCUT2D eigenvalue weighted by atomic mass is 9.99. The second-order valence-corrected chi connectivity index (χ2v) is 3.59. The van der Waals surface area contributed by atoms with Crippen LogP contribution in [0.5, 0.6) is 0 Å². The first-order chi connectivity index (χ1) is 7.83. The van der Waals surface area contributed by atoms with Gasteiger partial charge in [0.25, 0.3) is 0 Å². The van der Waals surface area contributed by atoms with Gasteiger partial charge in [0.1, 0.15) is 6.10 Å². The summed E-state index contributed by atoms with van der Waals surface area (Å²) in [6.45, 7) is 0.491. The molecule has 0 amide bonds. The van der Waals surface area contributed by atoms with E-state index in [1.54, 1.807) is 25.7 Å². The second kappa shape index (κ2) is 4.96. The first-order valence-electron chi connectivity index (χ1n) is 5.10. The van der Waals surface area contributed by atoms with Gasteiger partial charge in [0.15, 0.2) is 0 Å². The summed E-state index contributed by atoms with van der Waals surface area (Å²) in [6.07, 6.45) is 2.44. The monoisotopic (exact) mass is 218 g/mol. The molecule has 1 heterocycles. The van der Waals surface area contributed by atoms with Gasteiger partial charge in [-0.1, -0.05) is 24.3 Å². The van der Waals surface area contributed by atoms with Gasteiger partial charge in [-0.05, 0) is 17.2 Å². The normalized spacial score (nSPS) is 12.6. The van der Waals surface area contributed by atoms with Crippen LogP contribution in [0.1, 0.15) is 22.8 Å². The van der Waals surface area contributed by atoms with Crippen LogP contribution in [0.15, 0.2) is 47.3 Å². The molecule has 0 spiro atoms. The summed E-state index contributed by atoms with van der Waals surface area (Å²) in [5.74, 6) is 0. The number of methoxy groups -OCH3 is 1. The zero-order chi connectivity index (χ0) is 11.4. The van der Waals surface area contributed by atoms with Crippen molar-refractivity contribution in [3.05, 3.63) is 59.5 Å². The molecule has 3 nitrogen and oxygen atoms in total. The summed E-state index contributed by atoms with van der Waals surface area (Å²) in [5, 5.41) is 10.2. The van der Waals surface area contributed by atoms with E-state index in [0.717, 1.165) is 16.7 Å². The number of ether oxygens (including phenoxy) is 1. The van der Waals surface area contributed by atoms with Gasteiger partial charge in [-0.2, -0.15) is 0 Å². The first-order valence-corrected chi connectivity index (χ1v) is 5.10. The van der Waals surface area contributed by atoms with Gasteiger partial charge in [-0.15, -0.1) is 0 Å². The third kappa shape index (κ3) is 2.15. The Morgan fingerprint density at radius 3 is 2.81 bits per heavy atom. The predicted molar refractivity (Wildman–Crippen MR) is 59.9 cm³/mol. The van der Waals surface area contributed by atoms with Gasteiger partial charge in [-0.25, -0.2) is 0 Å². The van der Waals surface area contributed by atoms with E-state index in [-0.39, 0.29) is 0 Å². The third-order valence-electron chi connectivity index (χ3n) is 2.51. The summed E-state index contributed by atoms with van der Waals surface area (Å²) >= 11 is 0. The van der Waals surface area contributed by atoms with E-state index in [4.69, 9.17) is 9.15 Å². The fraction of sp³-hybridized carbons (Fsp3) is 0.231. The number of aliphatic hydroxyl groups excluding tert-OH is 1. The van der Waals surface area contributed by atoms with Gasteiger partial charge in [0, 0.05) is 12.7 Å². The zero-order valence-corrected chi connectivity index (χ0v) is 9.09. The summed E-state index contributed by atoms with van der Waals surface area (Å²) in [4.78, 5) is 0. The van der Waals surface area contributed by atoms with Crippen molar-refractivity contribution in [2.75, 3.05) is 7.11 Å². The maximum Gasteiger partial charge on any atom is 0.107 e. The molecule has 2 aromatic rings. The minimum Gasteiger partial charge on any atom is -0.472 e. The van der Waals surface area contributed by atoms with Gasteiger partial charge in [-0.3, -0.25) is 0 Å². The SMILES string of the molecule is COCc1ccccc1C(O)c1ccoc1. The molecular formula is C13H14O3. The standard InChI is InChI=1S/C13H14O3/c1-15-8-10-4-2-3-5-12(10)13(14)11-6-7-16-9-11/h2-7,9,13-14H,8H2,1H3. The number of furan rings is 1. The van der Waals surface area contributed by atoms with Crippen molar-refractivity contribution in [2.45, 2.75) is 12.7 Å². The Morgan fingerprint density at radius 2 is 2.12 bits per heavy atom. The van der Waals surface area contributed by atoms with Crippen LogP contribution in [-0.4, -0.2) is 12.2 Å². The second-order valence-electron chi connectivity index (χ2n) is 3.59. The molecule has 1 aromatic carbocycles. The molecule has 0 fully saturated rings. The molecule has 0 aliphatic carbocycles. The number of aliphatic hydroxyl groups is 1. The van der Waals surface area contributed by atoms with Crippen molar-refractivity contribution in [1.29, 1.82) is 0 Å². The van der Waals surface area contributed by atoms with E-state index in [1.807, 2.05) is 24.3 Å². The fourth-order valence-corrected chi connectivity index (χ4v) is 1.70. The highest BCUT2D eigenvalue weighted by Crippen LogP contribution is 2.25. The Balaban J connectivity index is 2.32. The molecule has 0 saturated heterocycles. The molecule has 0 aliphatic heterocycles. The number of rotatable bonds is 4. The van der Waals surface area contributed by atoms with Gasteiger partial charge in [0.05, 0.1) is 19.1 Å². The molecule has 1 N–H and O–H groups in total. The highest BCUT2D eigenvalue weighted by Gasteiger charge is 2.14. The van der Waals surface area contributed by atoms with E-state index in [2.05, 4.69) is 0 Å². The first kappa shape index (κ1) is 10.9. The van der Waals surface area contributed by atoms with Crippen LogP contribution >= 0.6 is 0 Å². The van der Waals surface area contributed by atoms with Crippen molar-refractivity contribution < 1.29 is 14.3 Å². The van der Waals surface area contributed by atoms with E-state index in [1.165, 1.54) is 0 Å². The maximum absolute atomic E-state index is 10.2. The van der Waals surface area contributed by atoms with Crippen molar-refractivity contribution in [3.63, 3.8) is 0 Å². The van der Waals surface area contributed by atoms with Crippen LogP contribution in [0.2, 0.25) is 0 Å². The molecule has 16 heavy (non-hydrogen) atoms. The lowest BCUT2D eigenvalue weighted by Gasteiger charge is -2.13. The molecule has 84 valence electrons. The molecule has 1 atom stereocenters. The molecule has 0 aliphatic rings. The lowest BCUT2D eigenvalue weighted by Crippen LogP contribution is -2.03. The molecule has 2 rings (SSSR count). The van der Waals surface area contributed by atoms with Crippen molar-refractivity contribution in [1.82, 2.24) is 0 Å². The van der Waals surface area contributed by atoms with Crippen LogP contribution in [-0.2, 0) is 11.3 Å². The van der Waals surface area contributed by atoms with E-state index < -0.39 is 6.10 Å². The summed E-state index contributed by atoms with van der Waals surface area (Å²) in [6, 6.07) is 9.43. The Bertz CT molecular complexity index is 434. The molecule has 1 unspecified atom stereocenters. The smallest absolute Gasteiger partial charge is 0.107 e. The van der Waals surface area contributed by atoms with Gasteiger partial charge < -0.3 is 14.3 Å². The van der Waals surface area contributed by atoms with Crippen LogP contribution < -0.4 is 0 Å². The molecule has 1 aromatic heterocycles. The molecule has 0 radical (unpaired) electrons. The average molecular weight is 218 g/mol. The average Bonchev–Trinajstić information content (AvgIpc) is 2.83. The molecule has 3 heteroatoms. The summed E-state index contributed by atoms with van der Waals surface area (Å²) in [5.41, 5.74) is 2.59. The van der Waals surface area contributed by atoms with E-state index in [9.17, 15) is 5.11 Å². The minimum absolute atomic E-state index is 0.491. The van der Waals surface area contributed by atoms with Crippen molar-refractivity contribution in [2.24, 2.45) is 0 Å². The Labute approximate surface area is 94.3 Å². The van der Waals surface area contributed by atoms with Crippen LogP contribution in [0.4, 0.5) is 0 Å². The van der Waals surface area contributed by atoms with Crippen LogP contribution in [0.3, 0.4) is 0 Å². The predicted octanol–water partition coefficient (Wildman–Crippen LogP) is 2.51. The van der Waals surface area contributed by atoms with Gasteiger partial charge in [0.2, 0.25) is 0 Å². The maximum atomic E-state index is 10.2. The molecular weight excluding hydrogens is 204 g/mol. The lowest BCUT2D eigenvalue weighted by molar-refractivity contribution is 0.176. The zero-order valence-electron chi connectivity index (χ0n) is 9.09. The highest BCUT2D eigenvalue weighted by molar-refractivity contribution is 5.34. The minimum atomic E-state index is -0.662. The number of hydrogen-bond donors (Lipinski definition) is 1. The molecule has 0 saturated carbocycles. The largest absolute Gasteiger partial charge is 0.472 e. The topological polar surface area (TPSA) is 42.6 Å². The summed E-state index contributed by atoms with van der Waals surface area (Å²) in [7, 11) is 1.64. The van der Waals surface area contributed by atoms with Crippen molar-refractivity contribution in [3.8, 4) is 0 Å². The quantitative estimate of drug-likeness (QED) is 0.857. The summed E-state index contributed by atoms with van der Waals surface area (Å²) < 4.78 is 10.1. The Hall–Kier alpha value is -1.58. The van der Waals surface area contributed by atoms with E-state index >= 15 is 0 Å². The fourth-order valence-electron chi connectivity index (χ4n) is 1.70. The van der Waals surface area contributed by atoms with Crippen molar-refractivity contribution >= 4 is 0 Å². The van der Waals surface area contributed by atoms with E-state index in [0.29, 0.717) is 6.61 Å². The highest BCUT2D eigenvalue weighted by atomic mass is 16.5. The molecule has 0 bridgehead atoms. The Kier molecular flexibility index (Phi) is 3.39. The van der Waals surface area contributed by atoms with Crippen LogP contribution in [0, 0.1) is 0 Å². The third-order valence-corrected chi connectivity index (χ3v) is 2.51. The van der Waals surface area contributed by atoms with Gasteiger partial charge >= 0.3 is 0 Å².